The highest BCUT2D eigenvalue weighted by atomic mass is 16.5. The van der Waals surface area contributed by atoms with E-state index in [4.69, 9.17) is 4.74 Å². The Balaban J connectivity index is 1.19. The number of likely N-dealkylation sites (tertiary alicyclic amines) is 1. The molecular weight excluding hydrogens is 504 g/mol. The molecule has 1 unspecified atom stereocenters. The van der Waals surface area contributed by atoms with Gasteiger partial charge in [0.15, 0.2) is 0 Å². The number of nitrogens with zero attached hydrogens (tertiary/aromatic N) is 1. The van der Waals surface area contributed by atoms with Crippen LogP contribution in [0.4, 0.5) is 0 Å². The van der Waals surface area contributed by atoms with Crippen LogP contribution in [0.1, 0.15) is 47.9 Å². The lowest BCUT2D eigenvalue weighted by Gasteiger charge is -2.32. The highest BCUT2D eigenvalue weighted by Gasteiger charge is 2.26. The molecule has 2 N–H and O–H groups in total. The number of benzene rings is 3. The quantitative estimate of drug-likeness (QED) is 0.338. The molecule has 40 heavy (non-hydrogen) atoms. The maximum absolute atomic E-state index is 12.7. The van der Waals surface area contributed by atoms with Crippen molar-refractivity contribution in [2.45, 2.75) is 58.1 Å². The van der Waals surface area contributed by atoms with Crippen molar-refractivity contribution in [1.82, 2.24) is 10.2 Å². The maximum Gasteiger partial charge on any atom is 0.326 e. The second-order valence-corrected chi connectivity index (χ2v) is 10.5. The van der Waals surface area contributed by atoms with Gasteiger partial charge in [0, 0.05) is 32.4 Å². The number of carbonyl (C=O) groups is 3. The van der Waals surface area contributed by atoms with E-state index in [1.165, 1.54) is 11.1 Å². The van der Waals surface area contributed by atoms with Crippen LogP contribution in [-0.4, -0.2) is 46.9 Å². The van der Waals surface area contributed by atoms with Crippen molar-refractivity contribution in [1.29, 1.82) is 0 Å². The van der Waals surface area contributed by atoms with Gasteiger partial charge in [0.05, 0.1) is 0 Å². The molecule has 3 aromatic carbocycles. The Morgan fingerprint density at radius 1 is 0.925 bits per heavy atom. The summed E-state index contributed by atoms with van der Waals surface area (Å²) in [7, 11) is 0. The standard InChI is InChI=1S/C33H38N2O5/c1-24-7-5-6-10-28(24)13-16-32(37)35-19-17-26(18-20-35)22-31(36)34-30(33(38)39)21-25-11-14-29(15-12-25)40-23-27-8-3-2-4-9-27/h2-12,14-15,26,30H,13,16-23H2,1H3,(H,34,36)(H,38,39). The smallest absolute Gasteiger partial charge is 0.326 e. The van der Waals surface area contributed by atoms with Crippen molar-refractivity contribution < 1.29 is 24.2 Å². The van der Waals surface area contributed by atoms with E-state index in [2.05, 4.69) is 24.4 Å². The van der Waals surface area contributed by atoms with E-state index in [1.807, 2.05) is 71.6 Å². The molecule has 1 heterocycles. The monoisotopic (exact) mass is 542 g/mol. The molecule has 1 aliphatic heterocycles. The zero-order valence-corrected chi connectivity index (χ0v) is 23.1. The molecule has 0 aliphatic carbocycles. The number of aliphatic carboxylic acids is 1. The number of aryl methyl sites for hydroxylation is 2. The maximum atomic E-state index is 12.7. The first-order valence-corrected chi connectivity index (χ1v) is 14.0. The molecule has 3 aromatic rings. The minimum Gasteiger partial charge on any atom is -0.489 e. The number of hydrogen-bond acceptors (Lipinski definition) is 4. The highest BCUT2D eigenvalue weighted by molar-refractivity contribution is 5.84. The summed E-state index contributed by atoms with van der Waals surface area (Å²) < 4.78 is 5.80. The lowest BCUT2D eigenvalue weighted by atomic mass is 9.92. The van der Waals surface area contributed by atoms with E-state index in [9.17, 15) is 19.5 Å². The molecule has 0 aromatic heterocycles. The van der Waals surface area contributed by atoms with E-state index in [0.717, 1.165) is 30.4 Å². The Hall–Kier alpha value is -4.13. The molecule has 4 rings (SSSR count). The van der Waals surface area contributed by atoms with Crippen molar-refractivity contribution in [3.8, 4) is 5.75 Å². The van der Waals surface area contributed by atoms with Crippen LogP contribution in [0.5, 0.6) is 5.75 Å². The Kier molecular flexibility index (Phi) is 10.3. The van der Waals surface area contributed by atoms with Crippen LogP contribution in [0, 0.1) is 12.8 Å². The summed E-state index contributed by atoms with van der Waals surface area (Å²) in [5.74, 6) is -0.348. The third kappa shape index (κ3) is 8.70. The largest absolute Gasteiger partial charge is 0.489 e. The number of carboxylic acids is 1. The minimum absolute atomic E-state index is 0.135. The SMILES string of the molecule is Cc1ccccc1CCC(=O)N1CCC(CC(=O)NC(Cc2ccc(OCc3ccccc3)cc2)C(=O)O)CC1. The summed E-state index contributed by atoms with van der Waals surface area (Å²) >= 11 is 0. The number of carboxylic acid groups (broad SMARTS) is 1. The van der Waals surface area contributed by atoms with Gasteiger partial charge in [-0.2, -0.15) is 0 Å². The van der Waals surface area contributed by atoms with Gasteiger partial charge in [0.1, 0.15) is 18.4 Å². The Morgan fingerprint density at radius 3 is 2.27 bits per heavy atom. The van der Waals surface area contributed by atoms with Crippen LogP contribution in [-0.2, 0) is 33.8 Å². The van der Waals surface area contributed by atoms with Crippen molar-refractivity contribution >= 4 is 17.8 Å². The number of rotatable bonds is 12. The predicted molar refractivity (Wildman–Crippen MR) is 154 cm³/mol. The Bertz CT molecular complexity index is 1270. The molecule has 1 fully saturated rings. The second-order valence-electron chi connectivity index (χ2n) is 10.5. The van der Waals surface area contributed by atoms with E-state index in [-0.39, 0.29) is 30.6 Å². The summed E-state index contributed by atoms with van der Waals surface area (Å²) in [6, 6.07) is 24.3. The molecule has 210 valence electrons. The van der Waals surface area contributed by atoms with Gasteiger partial charge in [-0.15, -0.1) is 0 Å². The minimum atomic E-state index is -1.06. The molecule has 7 heteroatoms. The fraction of sp³-hybridized carbons (Fsp3) is 0.364. The fourth-order valence-corrected chi connectivity index (χ4v) is 5.09. The number of ether oxygens (including phenoxy) is 1. The number of carbonyl (C=O) groups excluding carboxylic acids is 2. The average molecular weight is 543 g/mol. The number of hydrogen-bond donors (Lipinski definition) is 2. The van der Waals surface area contributed by atoms with Crippen molar-refractivity contribution in [2.24, 2.45) is 5.92 Å². The number of amides is 2. The summed E-state index contributed by atoms with van der Waals surface area (Å²) in [6.07, 6.45) is 3.15. The topological polar surface area (TPSA) is 95.9 Å². The summed E-state index contributed by atoms with van der Waals surface area (Å²) in [5, 5.41) is 12.4. The third-order valence-corrected chi connectivity index (χ3v) is 7.56. The predicted octanol–water partition coefficient (Wildman–Crippen LogP) is 4.95. The van der Waals surface area contributed by atoms with E-state index < -0.39 is 12.0 Å². The average Bonchev–Trinajstić information content (AvgIpc) is 2.96. The zero-order chi connectivity index (χ0) is 28.3. The summed E-state index contributed by atoms with van der Waals surface area (Å²) in [4.78, 5) is 39.2. The van der Waals surface area contributed by atoms with Gasteiger partial charge < -0.3 is 20.1 Å². The van der Waals surface area contributed by atoms with Crippen molar-refractivity contribution in [3.63, 3.8) is 0 Å². The van der Waals surface area contributed by atoms with E-state index in [1.54, 1.807) is 0 Å². The van der Waals surface area contributed by atoms with Crippen LogP contribution in [0.25, 0.3) is 0 Å². The summed E-state index contributed by atoms with van der Waals surface area (Å²) in [5.41, 5.74) is 4.26. The van der Waals surface area contributed by atoms with Crippen molar-refractivity contribution in [2.75, 3.05) is 13.1 Å². The van der Waals surface area contributed by atoms with Gasteiger partial charge in [-0.25, -0.2) is 4.79 Å². The molecule has 0 bridgehead atoms. The molecule has 1 saturated heterocycles. The van der Waals surface area contributed by atoms with Crippen LogP contribution in [0.15, 0.2) is 78.9 Å². The van der Waals surface area contributed by atoms with Crippen LogP contribution < -0.4 is 10.1 Å². The molecular formula is C33H38N2O5. The molecule has 7 nitrogen and oxygen atoms in total. The van der Waals surface area contributed by atoms with Gasteiger partial charge in [0.25, 0.3) is 0 Å². The van der Waals surface area contributed by atoms with Gasteiger partial charge in [-0.05, 0) is 66.5 Å². The highest BCUT2D eigenvalue weighted by Crippen LogP contribution is 2.22. The first kappa shape index (κ1) is 28.9. The Labute approximate surface area is 236 Å². The molecule has 0 radical (unpaired) electrons. The number of piperidine rings is 1. The van der Waals surface area contributed by atoms with Gasteiger partial charge in [-0.3, -0.25) is 9.59 Å². The van der Waals surface area contributed by atoms with Crippen LogP contribution >= 0.6 is 0 Å². The molecule has 0 saturated carbocycles. The van der Waals surface area contributed by atoms with E-state index in [0.29, 0.717) is 31.9 Å². The zero-order valence-electron chi connectivity index (χ0n) is 23.1. The summed E-state index contributed by atoms with van der Waals surface area (Å²) in [6.45, 7) is 3.77. The third-order valence-electron chi connectivity index (χ3n) is 7.56. The van der Waals surface area contributed by atoms with Gasteiger partial charge in [0.2, 0.25) is 11.8 Å². The van der Waals surface area contributed by atoms with Gasteiger partial charge >= 0.3 is 5.97 Å². The van der Waals surface area contributed by atoms with Crippen LogP contribution in [0.3, 0.4) is 0 Å². The van der Waals surface area contributed by atoms with Gasteiger partial charge in [-0.1, -0.05) is 66.7 Å². The molecule has 1 atom stereocenters. The first-order valence-electron chi connectivity index (χ1n) is 14.0. The van der Waals surface area contributed by atoms with Crippen LogP contribution in [0.2, 0.25) is 0 Å². The normalized spacial score (nSPS) is 14.4. The lowest BCUT2D eigenvalue weighted by molar-refractivity contribution is -0.142. The molecule has 2 amide bonds. The Morgan fingerprint density at radius 2 is 1.60 bits per heavy atom. The van der Waals surface area contributed by atoms with E-state index >= 15 is 0 Å². The molecule has 0 spiro atoms. The lowest BCUT2D eigenvalue weighted by Crippen LogP contribution is -2.44. The molecule has 1 aliphatic rings. The fourth-order valence-electron chi connectivity index (χ4n) is 5.09. The second kappa shape index (κ2) is 14.3. The number of nitrogens with one attached hydrogen (secondary N) is 1. The first-order chi connectivity index (χ1) is 19.4. The van der Waals surface area contributed by atoms with Crippen molar-refractivity contribution in [3.05, 3.63) is 101 Å².